The third-order valence-corrected chi connectivity index (χ3v) is 4.02. The summed E-state index contributed by atoms with van der Waals surface area (Å²) in [5, 5.41) is 0. The first-order valence-corrected chi connectivity index (χ1v) is 9.80. The fourth-order valence-corrected chi connectivity index (χ4v) is 2.51. The molecular weight excluding hydrogens is 304 g/mol. The van der Waals surface area contributed by atoms with Crippen LogP contribution in [-0.2, 0) is 19.1 Å². The summed E-state index contributed by atoms with van der Waals surface area (Å²) in [6.07, 6.45) is 10.4. The summed E-state index contributed by atoms with van der Waals surface area (Å²) in [6, 6.07) is 0. The van der Waals surface area contributed by atoms with Crippen molar-refractivity contribution in [1.29, 1.82) is 0 Å². The largest absolute Gasteiger partial charge is 0.466 e. The first-order valence-electron chi connectivity index (χ1n) is 9.80. The Morgan fingerprint density at radius 3 is 2.08 bits per heavy atom. The van der Waals surface area contributed by atoms with Gasteiger partial charge in [-0.05, 0) is 38.5 Å². The maximum atomic E-state index is 11.7. The molecule has 0 saturated carbocycles. The summed E-state index contributed by atoms with van der Waals surface area (Å²) in [6.45, 7) is 8.87. The third kappa shape index (κ3) is 15.8. The van der Waals surface area contributed by atoms with E-state index in [4.69, 9.17) is 9.47 Å². The van der Waals surface area contributed by atoms with E-state index in [-0.39, 0.29) is 30.9 Å². The van der Waals surface area contributed by atoms with Gasteiger partial charge in [-0.2, -0.15) is 0 Å². The fourth-order valence-electron chi connectivity index (χ4n) is 2.51. The van der Waals surface area contributed by atoms with E-state index in [1.54, 1.807) is 0 Å². The van der Waals surface area contributed by atoms with Gasteiger partial charge in [0.15, 0.2) is 0 Å². The molecule has 0 rings (SSSR count). The second kappa shape index (κ2) is 15.5. The van der Waals surface area contributed by atoms with Crippen LogP contribution in [0.25, 0.3) is 0 Å². The van der Waals surface area contributed by atoms with Crippen LogP contribution >= 0.6 is 0 Å². The lowest BCUT2D eigenvalue weighted by atomic mass is 10.1. The molecule has 0 heterocycles. The van der Waals surface area contributed by atoms with Gasteiger partial charge in [0.05, 0.1) is 25.6 Å². The number of unbranched alkanes of at least 4 members (excludes halogenated alkanes) is 5. The molecule has 0 aromatic rings. The van der Waals surface area contributed by atoms with Crippen molar-refractivity contribution in [1.82, 2.24) is 0 Å². The van der Waals surface area contributed by atoms with Crippen LogP contribution in [0.1, 0.15) is 98.3 Å². The number of carbonyl (C=O) groups is 2. The number of hydrogen-bond acceptors (Lipinski definition) is 4. The zero-order chi connectivity index (χ0) is 18.2. The Bertz CT molecular complexity index is 326. The molecular formula is C20H38O4. The number of ether oxygens (including phenoxy) is 2. The van der Waals surface area contributed by atoms with E-state index >= 15 is 0 Å². The minimum absolute atomic E-state index is 0.0641. The van der Waals surface area contributed by atoms with E-state index in [0.717, 1.165) is 25.7 Å². The Morgan fingerprint density at radius 1 is 0.792 bits per heavy atom. The van der Waals surface area contributed by atoms with Gasteiger partial charge >= 0.3 is 11.9 Å². The Balaban J connectivity index is 3.57. The van der Waals surface area contributed by atoms with Crippen molar-refractivity contribution in [3.05, 3.63) is 0 Å². The molecule has 0 N–H and O–H groups in total. The van der Waals surface area contributed by atoms with Crippen molar-refractivity contribution >= 4 is 11.9 Å². The van der Waals surface area contributed by atoms with Crippen molar-refractivity contribution in [2.45, 2.75) is 104 Å². The monoisotopic (exact) mass is 342 g/mol. The molecule has 0 radical (unpaired) electrons. The highest BCUT2D eigenvalue weighted by Crippen LogP contribution is 2.11. The van der Waals surface area contributed by atoms with E-state index in [1.807, 2.05) is 6.92 Å². The smallest absolute Gasteiger partial charge is 0.306 e. The van der Waals surface area contributed by atoms with Crippen molar-refractivity contribution in [3.63, 3.8) is 0 Å². The highest BCUT2D eigenvalue weighted by atomic mass is 16.5. The molecule has 0 amide bonds. The minimum Gasteiger partial charge on any atom is -0.466 e. The first-order chi connectivity index (χ1) is 11.5. The highest BCUT2D eigenvalue weighted by molar-refractivity contribution is 5.77. The van der Waals surface area contributed by atoms with Gasteiger partial charge in [0.1, 0.15) is 0 Å². The van der Waals surface area contributed by atoms with Gasteiger partial charge in [0, 0.05) is 0 Å². The lowest BCUT2D eigenvalue weighted by Gasteiger charge is -2.13. The van der Waals surface area contributed by atoms with Crippen LogP contribution < -0.4 is 0 Å². The average molecular weight is 343 g/mol. The van der Waals surface area contributed by atoms with Crippen LogP contribution in [-0.4, -0.2) is 24.6 Å². The molecule has 0 saturated heterocycles. The standard InChI is InChI=1S/C20H38O4/c1-5-6-7-8-9-10-13-18(4)24-20(22)15-14-19(21)23-16-11-12-17(2)3/h17-18H,5-16H2,1-4H3. The molecule has 0 spiro atoms. The van der Waals surface area contributed by atoms with Gasteiger partial charge in [-0.1, -0.05) is 52.9 Å². The van der Waals surface area contributed by atoms with E-state index in [0.29, 0.717) is 12.5 Å². The molecule has 0 aliphatic rings. The van der Waals surface area contributed by atoms with Gasteiger partial charge in [-0.3, -0.25) is 9.59 Å². The summed E-state index contributed by atoms with van der Waals surface area (Å²) >= 11 is 0. The zero-order valence-electron chi connectivity index (χ0n) is 16.3. The Labute approximate surface area is 148 Å². The Morgan fingerprint density at radius 2 is 1.42 bits per heavy atom. The molecule has 4 nitrogen and oxygen atoms in total. The average Bonchev–Trinajstić information content (AvgIpc) is 2.52. The van der Waals surface area contributed by atoms with Crippen LogP contribution in [0.3, 0.4) is 0 Å². The van der Waals surface area contributed by atoms with E-state index < -0.39 is 0 Å². The first kappa shape index (κ1) is 22.9. The molecule has 0 bridgehead atoms. The highest BCUT2D eigenvalue weighted by Gasteiger charge is 2.12. The molecule has 24 heavy (non-hydrogen) atoms. The second-order valence-electron chi connectivity index (χ2n) is 7.11. The van der Waals surface area contributed by atoms with Crippen LogP contribution in [0, 0.1) is 5.92 Å². The topological polar surface area (TPSA) is 52.6 Å². The number of carbonyl (C=O) groups excluding carboxylic acids is 2. The quantitative estimate of drug-likeness (QED) is 0.294. The maximum absolute atomic E-state index is 11.7. The summed E-state index contributed by atoms with van der Waals surface area (Å²) < 4.78 is 10.5. The second-order valence-corrected chi connectivity index (χ2v) is 7.11. The number of esters is 2. The van der Waals surface area contributed by atoms with E-state index in [2.05, 4.69) is 20.8 Å². The lowest BCUT2D eigenvalue weighted by Crippen LogP contribution is -2.16. The van der Waals surface area contributed by atoms with Gasteiger partial charge < -0.3 is 9.47 Å². The molecule has 1 unspecified atom stereocenters. The van der Waals surface area contributed by atoms with Crippen molar-refractivity contribution in [2.24, 2.45) is 5.92 Å². The van der Waals surface area contributed by atoms with E-state index in [9.17, 15) is 9.59 Å². The van der Waals surface area contributed by atoms with Gasteiger partial charge in [0.25, 0.3) is 0 Å². The SMILES string of the molecule is CCCCCCCCC(C)OC(=O)CCC(=O)OCCCC(C)C. The van der Waals surface area contributed by atoms with Crippen molar-refractivity contribution in [3.8, 4) is 0 Å². The van der Waals surface area contributed by atoms with Gasteiger partial charge in [0.2, 0.25) is 0 Å². The Hall–Kier alpha value is -1.06. The predicted molar refractivity (Wildman–Crippen MR) is 97.8 cm³/mol. The molecule has 0 fully saturated rings. The molecule has 1 atom stereocenters. The van der Waals surface area contributed by atoms with Crippen LogP contribution in [0.4, 0.5) is 0 Å². The fraction of sp³-hybridized carbons (Fsp3) is 0.900. The number of rotatable bonds is 15. The normalized spacial score (nSPS) is 12.2. The van der Waals surface area contributed by atoms with Crippen molar-refractivity contribution < 1.29 is 19.1 Å². The third-order valence-electron chi connectivity index (χ3n) is 4.02. The lowest BCUT2D eigenvalue weighted by molar-refractivity contribution is -0.153. The molecule has 0 aromatic heterocycles. The minimum atomic E-state index is -0.306. The number of hydrogen-bond donors (Lipinski definition) is 0. The van der Waals surface area contributed by atoms with Crippen molar-refractivity contribution in [2.75, 3.05) is 6.61 Å². The summed E-state index contributed by atoms with van der Waals surface area (Å²) in [4.78, 5) is 23.3. The maximum Gasteiger partial charge on any atom is 0.306 e. The predicted octanol–water partition coefficient (Wildman–Crippen LogP) is 5.43. The molecule has 142 valence electrons. The summed E-state index contributed by atoms with van der Waals surface area (Å²) in [7, 11) is 0. The van der Waals surface area contributed by atoms with Gasteiger partial charge in [-0.25, -0.2) is 0 Å². The molecule has 0 aliphatic heterocycles. The van der Waals surface area contributed by atoms with Gasteiger partial charge in [-0.15, -0.1) is 0 Å². The molecule has 0 aromatic carbocycles. The van der Waals surface area contributed by atoms with Crippen LogP contribution in [0.5, 0.6) is 0 Å². The van der Waals surface area contributed by atoms with Crippen LogP contribution in [0.2, 0.25) is 0 Å². The molecule has 4 heteroatoms. The van der Waals surface area contributed by atoms with Crippen LogP contribution in [0.15, 0.2) is 0 Å². The summed E-state index contributed by atoms with van der Waals surface area (Å²) in [5.74, 6) is 0.0127. The molecule has 0 aliphatic carbocycles. The van der Waals surface area contributed by atoms with E-state index in [1.165, 1.54) is 32.1 Å². The zero-order valence-corrected chi connectivity index (χ0v) is 16.3. The Kier molecular flexibility index (Phi) is 14.8. The summed E-state index contributed by atoms with van der Waals surface area (Å²) in [5.41, 5.74) is 0.